The van der Waals surface area contributed by atoms with Gasteiger partial charge in [-0.15, -0.1) is 0 Å². The van der Waals surface area contributed by atoms with E-state index < -0.39 is 6.10 Å². The molecule has 0 heterocycles. The van der Waals surface area contributed by atoms with Crippen LogP contribution in [0.4, 0.5) is 0 Å². The molecule has 0 saturated heterocycles. The quantitative estimate of drug-likeness (QED) is 0.854. The van der Waals surface area contributed by atoms with Crippen LogP contribution in [0.1, 0.15) is 44.9 Å². The van der Waals surface area contributed by atoms with Crippen molar-refractivity contribution in [3.05, 3.63) is 34.3 Å². The first-order valence-electron chi connectivity index (χ1n) is 6.53. The zero-order chi connectivity index (χ0) is 13.9. The molecule has 0 radical (unpaired) electrons. The number of nitrogens with one attached hydrogen (secondary N) is 1. The molecule has 102 valence electrons. The van der Waals surface area contributed by atoms with E-state index in [-0.39, 0.29) is 6.04 Å². The molecule has 0 bridgehead atoms. The van der Waals surface area contributed by atoms with Crippen LogP contribution in [-0.2, 0) is 0 Å². The molecule has 2 nitrogen and oxygen atoms in total. The monoisotopic (exact) mass is 269 g/mol. The van der Waals surface area contributed by atoms with Crippen LogP contribution in [0.5, 0.6) is 0 Å². The Morgan fingerprint density at radius 2 is 1.78 bits per heavy atom. The summed E-state index contributed by atoms with van der Waals surface area (Å²) in [5.41, 5.74) is 1.92. The SMILES string of the molecule is Cc1cc(C(O)C(NC(C)C)C(C)C)ccc1Cl. The van der Waals surface area contributed by atoms with Crippen LogP contribution in [0.15, 0.2) is 18.2 Å². The van der Waals surface area contributed by atoms with Gasteiger partial charge in [0.05, 0.1) is 6.10 Å². The van der Waals surface area contributed by atoms with Crippen LogP contribution in [0.3, 0.4) is 0 Å². The third kappa shape index (κ3) is 3.98. The van der Waals surface area contributed by atoms with Gasteiger partial charge in [0.2, 0.25) is 0 Å². The van der Waals surface area contributed by atoms with E-state index in [1.807, 2.05) is 25.1 Å². The largest absolute Gasteiger partial charge is 0.387 e. The molecule has 0 amide bonds. The van der Waals surface area contributed by atoms with E-state index in [0.29, 0.717) is 12.0 Å². The van der Waals surface area contributed by atoms with E-state index in [1.54, 1.807) is 0 Å². The van der Waals surface area contributed by atoms with Gasteiger partial charge in [-0.1, -0.05) is 51.4 Å². The predicted molar refractivity (Wildman–Crippen MR) is 78.0 cm³/mol. The van der Waals surface area contributed by atoms with E-state index in [0.717, 1.165) is 16.1 Å². The second-order valence-electron chi connectivity index (χ2n) is 5.54. The lowest BCUT2D eigenvalue weighted by molar-refractivity contribution is 0.100. The molecular formula is C15H24ClNO. The normalized spacial score (nSPS) is 15.2. The summed E-state index contributed by atoms with van der Waals surface area (Å²) in [6, 6.07) is 6.11. The van der Waals surface area contributed by atoms with Gasteiger partial charge in [0, 0.05) is 17.1 Å². The first-order chi connectivity index (χ1) is 8.32. The number of benzene rings is 1. The van der Waals surface area contributed by atoms with Gasteiger partial charge < -0.3 is 10.4 Å². The van der Waals surface area contributed by atoms with Crippen molar-refractivity contribution in [1.29, 1.82) is 0 Å². The van der Waals surface area contributed by atoms with Crippen LogP contribution in [-0.4, -0.2) is 17.2 Å². The van der Waals surface area contributed by atoms with Crippen LogP contribution in [0.2, 0.25) is 5.02 Å². The zero-order valence-corrected chi connectivity index (χ0v) is 12.6. The van der Waals surface area contributed by atoms with Gasteiger partial charge in [-0.05, 0) is 30.0 Å². The molecule has 1 aromatic rings. The molecule has 3 heteroatoms. The lowest BCUT2D eigenvalue weighted by Crippen LogP contribution is -2.43. The van der Waals surface area contributed by atoms with Gasteiger partial charge in [0.25, 0.3) is 0 Å². The molecule has 1 rings (SSSR count). The highest BCUT2D eigenvalue weighted by molar-refractivity contribution is 6.31. The van der Waals surface area contributed by atoms with Crippen molar-refractivity contribution in [3.8, 4) is 0 Å². The van der Waals surface area contributed by atoms with Gasteiger partial charge in [-0.3, -0.25) is 0 Å². The maximum Gasteiger partial charge on any atom is 0.0945 e. The molecule has 0 aliphatic heterocycles. The minimum Gasteiger partial charge on any atom is -0.387 e. The summed E-state index contributed by atoms with van der Waals surface area (Å²) >= 11 is 6.01. The third-order valence-electron chi connectivity index (χ3n) is 3.11. The minimum absolute atomic E-state index is 0.0468. The van der Waals surface area contributed by atoms with Crippen molar-refractivity contribution in [2.75, 3.05) is 0 Å². The Labute approximate surface area is 115 Å². The fourth-order valence-corrected chi connectivity index (χ4v) is 2.21. The van der Waals surface area contributed by atoms with E-state index >= 15 is 0 Å². The highest BCUT2D eigenvalue weighted by atomic mass is 35.5. The van der Waals surface area contributed by atoms with Crippen LogP contribution < -0.4 is 5.32 Å². The third-order valence-corrected chi connectivity index (χ3v) is 3.53. The van der Waals surface area contributed by atoms with Crippen molar-refractivity contribution in [2.45, 2.75) is 52.8 Å². The summed E-state index contributed by atoms with van der Waals surface area (Å²) in [6.07, 6.45) is -0.511. The van der Waals surface area contributed by atoms with Crippen LogP contribution >= 0.6 is 11.6 Å². The molecule has 2 unspecified atom stereocenters. The van der Waals surface area contributed by atoms with E-state index in [4.69, 9.17) is 11.6 Å². The standard InChI is InChI=1S/C15H24ClNO/c1-9(2)14(17-10(3)4)15(18)12-6-7-13(16)11(5)8-12/h6-10,14-15,17-18H,1-5H3. The van der Waals surface area contributed by atoms with Gasteiger partial charge in [-0.25, -0.2) is 0 Å². The topological polar surface area (TPSA) is 32.3 Å². The Morgan fingerprint density at radius 1 is 1.17 bits per heavy atom. The fraction of sp³-hybridized carbons (Fsp3) is 0.600. The maximum absolute atomic E-state index is 10.5. The summed E-state index contributed by atoms with van der Waals surface area (Å²) < 4.78 is 0. The lowest BCUT2D eigenvalue weighted by Gasteiger charge is -2.30. The molecule has 18 heavy (non-hydrogen) atoms. The van der Waals surface area contributed by atoms with Crippen molar-refractivity contribution in [2.24, 2.45) is 5.92 Å². The highest BCUT2D eigenvalue weighted by Gasteiger charge is 2.24. The Bertz CT molecular complexity index is 390. The number of aliphatic hydroxyl groups is 1. The molecule has 0 aromatic heterocycles. The summed E-state index contributed by atoms with van der Waals surface area (Å²) in [6.45, 7) is 10.4. The number of aliphatic hydroxyl groups excluding tert-OH is 1. The first-order valence-corrected chi connectivity index (χ1v) is 6.91. The number of hydrogen-bond donors (Lipinski definition) is 2. The zero-order valence-electron chi connectivity index (χ0n) is 11.9. The van der Waals surface area contributed by atoms with Gasteiger partial charge in [0.15, 0.2) is 0 Å². The van der Waals surface area contributed by atoms with Crippen molar-refractivity contribution < 1.29 is 5.11 Å². The predicted octanol–water partition coefficient (Wildman–Crippen LogP) is 3.70. The average Bonchev–Trinajstić information content (AvgIpc) is 2.28. The number of rotatable bonds is 5. The Hall–Kier alpha value is -0.570. The fourth-order valence-electron chi connectivity index (χ4n) is 2.09. The molecule has 1 aromatic carbocycles. The molecule has 0 aliphatic rings. The molecule has 0 fully saturated rings. The van der Waals surface area contributed by atoms with Crippen molar-refractivity contribution >= 4 is 11.6 Å². The Kier molecular flexibility index (Phi) is 5.64. The number of halogens is 1. The number of hydrogen-bond acceptors (Lipinski definition) is 2. The van der Waals surface area contributed by atoms with E-state index in [9.17, 15) is 5.11 Å². The molecule has 0 saturated carbocycles. The highest BCUT2D eigenvalue weighted by Crippen LogP contribution is 2.26. The summed E-state index contributed by atoms with van der Waals surface area (Å²) in [5, 5.41) is 14.7. The second kappa shape index (κ2) is 6.55. The average molecular weight is 270 g/mol. The van der Waals surface area contributed by atoms with Gasteiger partial charge >= 0.3 is 0 Å². The van der Waals surface area contributed by atoms with Crippen LogP contribution in [0, 0.1) is 12.8 Å². The van der Waals surface area contributed by atoms with Gasteiger partial charge in [-0.2, -0.15) is 0 Å². The molecule has 2 atom stereocenters. The maximum atomic E-state index is 10.5. The minimum atomic E-state index is -0.511. The Balaban J connectivity index is 2.94. The second-order valence-corrected chi connectivity index (χ2v) is 5.95. The van der Waals surface area contributed by atoms with E-state index in [2.05, 4.69) is 33.0 Å². The first kappa shape index (κ1) is 15.5. The smallest absolute Gasteiger partial charge is 0.0945 e. The molecular weight excluding hydrogens is 246 g/mol. The number of aryl methyl sites for hydroxylation is 1. The van der Waals surface area contributed by atoms with Crippen molar-refractivity contribution in [3.63, 3.8) is 0 Å². The Morgan fingerprint density at radius 3 is 2.22 bits per heavy atom. The lowest BCUT2D eigenvalue weighted by atomic mass is 9.92. The molecule has 0 aliphatic carbocycles. The van der Waals surface area contributed by atoms with E-state index in [1.165, 1.54) is 0 Å². The molecule has 2 N–H and O–H groups in total. The summed E-state index contributed by atoms with van der Waals surface area (Å²) in [4.78, 5) is 0. The van der Waals surface area contributed by atoms with Crippen LogP contribution in [0.25, 0.3) is 0 Å². The van der Waals surface area contributed by atoms with Crippen molar-refractivity contribution in [1.82, 2.24) is 5.32 Å². The summed E-state index contributed by atoms with van der Waals surface area (Å²) in [5.74, 6) is 0.360. The van der Waals surface area contributed by atoms with Gasteiger partial charge in [0.1, 0.15) is 0 Å². The molecule has 0 spiro atoms. The summed E-state index contributed by atoms with van der Waals surface area (Å²) in [7, 11) is 0.